The monoisotopic (exact) mass is 272 g/mol. The SMILES string of the molecule is CCN(CC)C(=O)Oc1c(N)c(C)cc2ccccc12. The highest BCUT2D eigenvalue weighted by Gasteiger charge is 2.17. The third kappa shape index (κ3) is 2.54. The van der Waals surface area contributed by atoms with E-state index in [0.29, 0.717) is 24.5 Å². The van der Waals surface area contributed by atoms with Crippen LogP contribution in [0, 0.1) is 6.92 Å². The topological polar surface area (TPSA) is 55.6 Å². The number of nitrogen functional groups attached to an aromatic ring is 1. The third-order valence-corrected chi connectivity index (χ3v) is 3.46. The van der Waals surface area contributed by atoms with Crippen molar-refractivity contribution >= 4 is 22.6 Å². The quantitative estimate of drug-likeness (QED) is 0.869. The molecule has 2 N–H and O–H groups in total. The number of hydrogen-bond acceptors (Lipinski definition) is 3. The van der Waals surface area contributed by atoms with Crippen molar-refractivity contribution in [2.24, 2.45) is 0 Å². The summed E-state index contributed by atoms with van der Waals surface area (Å²) in [6.45, 7) is 6.97. The molecule has 0 aliphatic carbocycles. The maximum absolute atomic E-state index is 12.1. The highest BCUT2D eigenvalue weighted by molar-refractivity contribution is 5.96. The second-order valence-electron chi connectivity index (χ2n) is 4.70. The van der Waals surface area contributed by atoms with Crippen LogP contribution in [0.2, 0.25) is 0 Å². The molecule has 4 heteroatoms. The van der Waals surface area contributed by atoms with Gasteiger partial charge in [0.05, 0.1) is 5.69 Å². The molecule has 0 aliphatic heterocycles. The predicted molar refractivity (Wildman–Crippen MR) is 82.0 cm³/mol. The molecule has 0 aromatic heterocycles. The van der Waals surface area contributed by atoms with Gasteiger partial charge in [-0.15, -0.1) is 0 Å². The Morgan fingerprint density at radius 2 is 1.90 bits per heavy atom. The zero-order chi connectivity index (χ0) is 14.7. The van der Waals surface area contributed by atoms with Gasteiger partial charge in [0.25, 0.3) is 0 Å². The van der Waals surface area contributed by atoms with Crippen molar-refractivity contribution in [3.05, 3.63) is 35.9 Å². The molecular weight excluding hydrogens is 252 g/mol. The molecule has 0 bridgehead atoms. The van der Waals surface area contributed by atoms with Crippen LogP contribution < -0.4 is 10.5 Å². The molecular formula is C16H20N2O2. The summed E-state index contributed by atoms with van der Waals surface area (Å²) in [4.78, 5) is 13.8. The first-order valence-corrected chi connectivity index (χ1v) is 6.83. The van der Waals surface area contributed by atoms with Gasteiger partial charge < -0.3 is 15.4 Å². The minimum Gasteiger partial charge on any atom is -0.407 e. The molecule has 0 radical (unpaired) electrons. The van der Waals surface area contributed by atoms with Crippen molar-refractivity contribution in [3.8, 4) is 5.75 Å². The van der Waals surface area contributed by atoms with Gasteiger partial charge in [-0.1, -0.05) is 24.3 Å². The van der Waals surface area contributed by atoms with Crippen LogP contribution in [0.3, 0.4) is 0 Å². The number of aryl methyl sites for hydroxylation is 1. The Labute approximate surface area is 119 Å². The molecule has 0 unspecified atom stereocenters. The summed E-state index contributed by atoms with van der Waals surface area (Å²) in [6, 6.07) is 9.76. The van der Waals surface area contributed by atoms with Crippen molar-refractivity contribution in [2.75, 3.05) is 18.8 Å². The Morgan fingerprint density at radius 3 is 2.55 bits per heavy atom. The van der Waals surface area contributed by atoms with Gasteiger partial charge in [-0.05, 0) is 37.8 Å². The first kappa shape index (κ1) is 14.2. The molecule has 0 aliphatic rings. The van der Waals surface area contributed by atoms with Gasteiger partial charge in [-0.3, -0.25) is 0 Å². The lowest BCUT2D eigenvalue weighted by Gasteiger charge is -2.20. The molecule has 0 saturated heterocycles. The van der Waals surface area contributed by atoms with E-state index in [2.05, 4.69) is 0 Å². The summed E-state index contributed by atoms with van der Waals surface area (Å²) >= 11 is 0. The average Bonchev–Trinajstić information content (AvgIpc) is 2.45. The van der Waals surface area contributed by atoms with E-state index in [1.165, 1.54) is 0 Å². The Bertz CT molecular complexity index is 634. The van der Waals surface area contributed by atoms with Crippen LogP contribution in [0.1, 0.15) is 19.4 Å². The number of hydrogen-bond donors (Lipinski definition) is 1. The minimum atomic E-state index is -0.363. The summed E-state index contributed by atoms with van der Waals surface area (Å²) in [5.74, 6) is 0.456. The smallest absolute Gasteiger partial charge is 0.407 e. The molecule has 0 spiro atoms. The van der Waals surface area contributed by atoms with Crippen LogP contribution in [0.15, 0.2) is 30.3 Å². The van der Waals surface area contributed by atoms with E-state index in [4.69, 9.17) is 10.5 Å². The Hall–Kier alpha value is -2.23. The number of benzene rings is 2. The van der Waals surface area contributed by atoms with E-state index in [1.807, 2.05) is 51.1 Å². The molecule has 0 fully saturated rings. The van der Waals surface area contributed by atoms with Gasteiger partial charge >= 0.3 is 6.09 Å². The van der Waals surface area contributed by atoms with Crippen LogP contribution >= 0.6 is 0 Å². The highest BCUT2D eigenvalue weighted by Crippen LogP contribution is 2.35. The van der Waals surface area contributed by atoms with Crippen LogP contribution in [0.25, 0.3) is 10.8 Å². The number of amides is 1. The summed E-state index contributed by atoms with van der Waals surface area (Å²) in [5, 5.41) is 1.87. The lowest BCUT2D eigenvalue weighted by atomic mass is 10.0. The Kier molecular flexibility index (Phi) is 4.13. The van der Waals surface area contributed by atoms with E-state index in [-0.39, 0.29) is 6.09 Å². The zero-order valence-electron chi connectivity index (χ0n) is 12.1. The number of ether oxygens (including phenoxy) is 1. The second kappa shape index (κ2) is 5.82. The number of fused-ring (bicyclic) bond motifs is 1. The molecule has 20 heavy (non-hydrogen) atoms. The third-order valence-electron chi connectivity index (χ3n) is 3.46. The molecule has 4 nitrogen and oxygen atoms in total. The van der Waals surface area contributed by atoms with Crippen molar-refractivity contribution in [2.45, 2.75) is 20.8 Å². The number of anilines is 1. The van der Waals surface area contributed by atoms with E-state index < -0.39 is 0 Å². The molecule has 0 heterocycles. The minimum absolute atomic E-state index is 0.363. The predicted octanol–water partition coefficient (Wildman–Crippen LogP) is 3.57. The maximum atomic E-state index is 12.1. The van der Waals surface area contributed by atoms with Crippen LogP contribution in [0.5, 0.6) is 5.75 Å². The number of carbonyl (C=O) groups excluding carboxylic acids is 1. The lowest BCUT2D eigenvalue weighted by molar-refractivity contribution is 0.158. The zero-order valence-corrected chi connectivity index (χ0v) is 12.1. The van der Waals surface area contributed by atoms with E-state index in [9.17, 15) is 4.79 Å². The van der Waals surface area contributed by atoms with Crippen molar-refractivity contribution in [1.29, 1.82) is 0 Å². The van der Waals surface area contributed by atoms with Crippen molar-refractivity contribution in [3.63, 3.8) is 0 Å². The number of nitrogens with two attached hydrogens (primary N) is 1. The standard InChI is InChI=1S/C16H20N2O2/c1-4-18(5-2)16(19)20-15-13-9-7-6-8-12(13)10-11(3)14(15)17/h6-10H,4-5,17H2,1-3H3. The molecule has 0 atom stereocenters. The lowest BCUT2D eigenvalue weighted by Crippen LogP contribution is -2.33. The normalized spacial score (nSPS) is 10.6. The number of carbonyl (C=O) groups is 1. The first-order valence-electron chi connectivity index (χ1n) is 6.83. The molecule has 2 aromatic carbocycles. The summed E-state index contributed by atoms with van der Waals surface area (Å²) < 4.78 is 5.55. The van der Waals surface area contributed by atoms with Crippen LogP contribution in [-0.2, 0) is 0 Å². The van der Waals surface area contributed by atoms with Gasteiger partial charge in [0.1, 0.15) is 0 Å². The van der Waals surface area contributed by atoms with Gasteiger partial charge in [-0.2, -0.15) is 0 Å². The number of rotatable bonds is 3. The van der Waals surface area contributed by atoms with Crippen LogP contribution in [0.4, 0.5) is 10.5 Å². The van der Waals surface area contributed by atoms with E-state index in [1.54, 1.807) is 4.90 Å². The summed E-state index contributed by atoms with van der Waals surface area (Å²) in [7, 11) is 0. The van der Waals surface area contributed by atoms with Gasteiger partial charge in [0.15, 0.2) is 5.75 Å². The molecule has 2 aromatic rings. The fourth-order valence-electron chi connectivity index (χ4n) is 2.21. The average molecular weight is 272 g/mol. The molecule has 106 valence electrons. The largest absolute Gasteiger partial charge is 0.415 e. The maximum Gasteiger partial charge on any atom is 0.415 e. The highest BCUT2D eigenvalue weighted by atomic mass is 16.6. The summed E-state index contributed by atoms with van der Waals surface area (Å²) in [6.07, 6.45) is -0.363. The molecule has 1 amide bonds. The summed E-state index contributed by atoms with van der Waals surface area (Å²) in [5.41, 5.74) is 7.51. The van der Waals surface area contributed by atoms with Gasteiger partial charge in [0.2, 0.25) is 0 Å². The van der Waals surface area contributed by atoms with E-state index >= 15 is 0 Å². The van der Waals surface area contributed by atoms with E-state index in [0.717, 1.165) is 16.3 Å². The first-order chi connectivity index (χ1) is 9.58. The fraction of sp³-hybridized carbons (Fsp3) is 0.312. The van der Waals surface area contributed by atoms with Crippen molar-refractivity contribution in [1.82, 2.24) is 4.90 Å². The Balaban J connectivity index is 2.48. The Morgan fingerprint density at radius 1 is 1.25 bits per heavy atom. The molecule has 2 rings (SSSR count). The molecule has 0 saturated carbocycles. The van der Waals surface area contributed by atoms with Gasteiger partial charge in [0, 0.05) is 18.5 Å². The number of nitrogens with zero attached hydrogens (tertiary/aromatic N) is 1. The fourth-order valence-corrected chi connectivity index (χ4v) is 2.21. The van der Waals surface area contributed by atoms with Crippen molar-refractivity contribution < 1.29 is 9.53 Å². The van der Waals surface area contributed by atoms with Crippen LogP contribution in [-0.4, -0.2) is 24.1 Å². The van der Waals surface area contributed by atoms with Gasteiger partial charge in [-0.25, -0.2) is 4.79 Å². The second-order valence-corrected chi connectivity index (χ2v) is 4.70.